The average Bonchev–Trinajstić information content (AvgIpc) is 2.74. The Bertz CT molecular complexity index is 1120. The van der Waals surface area contributed by atoms with E-state index in [0.717, 1.165) is 11.3 Å². The largest absolute Gasteiger partial charge is 0.444 e. The SMILES string of the molecule is O=Nc1cc(S(=O)(=O)N2CCC(N3C(=O)OCc4cc(Cl)ccc43)CC2)ccc1Cl. The van der Waals surface area contributed by atoms with Gasteiger partial charge in [0.25, 0.3) is 0 Å². The van der Waals surface area contributed by atoms with E-state index in [4.69, 9.17) is 27.9 Å². The van der Waals surface area contributed by atoms with E-state index in [0.29, 0.717) is 17.9 Å². The summed E-state index contributed by atoms with van der Waals surface area (Å²) in [6.07, 6.45) is 0.413. The Hall–Kier alpha value is -2.20. The van der Waals surface area contributed by atoms with Gasteiger partial charge in [-0.2, -0.15) is 4.31 Å². The predicted octanol–water partition coefficient (Wildman–Crippen LogP) is 4.70. The molecule has 30 heavy (non-hydrogen) atoms. The topological polar surface area (TPSA) is 96.4 Å². The van der Waals surface area contributed by atoms with Crippen LogP contribution >= 0.6 is 23.2 Å². The van der Waals surface area contributed by atoms with E-state index in [1.54, 1.807) is 23.1 Å². The zero-order valence-corrected chi connectivity index (χ0v) is 18.0. The van der Waals surface area contributed by atoms with Crippen molar-refractivity contribution in [2.24, 2.45) is 5.18 Å². The predicted molar refractivity (Wildman–Crippen MR) is 113 cm³/mol. The second-order valence-corrected chi connectivity index (χ2v) is 9.82. The molecule has 4 rings (SSSR count). The highest BCUT2D eigenvalue weighted by Crippen LogP contribution is 2.35. The molecule has 0 unspecified atom stereocenters. The summed E-state index contributed by atoms with van der Waals surface area (Å²) in [6, 6.07) is 8.90. The number of hydrogen-bond acceptors (Lipinski definition) is 6. The minimum absolute atomic E-state index is 0.0441. The molecular formula is C19H17Cl2N3O5S. The third kappa shape index (κ3) is 3.78. The fraction of sp³-hybridized carbons (Fsp3) is 0.316. The number of sulfonamides is 1. The first-order chi connectivity index (χ1) is 14.3. The number of nitrogens with zero attached hydrogens (tertiary/aromatic N) is 3. The minimum Gasteiger partial charge on any atom is -0.444 e. The van der Waals surface area contributed by atoms with E-state index >= 15 is 0 Å². The number of cyclic esters (lactones) is 1. The van der Waals surface area contributed by atoms with E-state index in [9.17, 15) is 18.1 Å². The number of ether oxygens (including phenoxy) is 1. The number of nitroso groups, excluding NO2 is 1. The number of hydrogen-bond donors (Lipinski definition) is 0. The third-order valence-electron chi connectivity index (χ3n) is 5.29. The van der Waals surface area contributed by atoms with Gasteiger partial charge >= 0.3 is 6.09 Å². The molecule has 8 nitrogen and oxygen atoms in total. The fourth-order valence-corrected chi connectivity index (χ4v) is 5.61. The average molecular weight is 470 g/mol. The molecule has 0 atom stereocenters. The van der Waals surface area contributed by atoms with Crippen molar-refractivity contribution in [3.05, 3.63) is 56.9 Å². The molecule has 2 aliphatic rings. The normalized spacial score (nSPS) is 18.1. The van der Waals surface area contributed by atoms with Gasteiger partial charge in [-0.3, -0.25) is 4.90 Å². The van der Waals surface area contributed by atoms with Crippen molar-refractivity contribution in [3.63, 3.8) is 0 Å². The summed E-state index contributed by atoms with van der Waals surface area (Å²) in [5.41, 5.74) is 1.42. The summed E-state index contributed by atoms with van der Waals surface area (Å²) in [7, 11) is -3.82. The molecule has 0 spiro atoms. The van der Waals surface area contributed by atoms with Crippen LogP contribution in [-0.4, -0.2) is 37.9 Å². The molecule has 11 heteroatoms. The summed E-state index contributed by atoms with van der Waals surface area (Å²) in [6.45, 7) is 0.584. The summed E-state index contributed by atoms with van der Waals surface area (Å²) in [5, 5.41) is 3.41. The van der Waals surface area contributed by atoms with Gasteiger partial charge in [0.1, 0.15) is 12.3 Å². The first kappa shape index (κ1) is 21.0. The van der Waals surface area contributed by atoms with Crippen LogP contribution in [0.15, 0.2) is 46.5 Å². The lowest BCUT2D eigenvalue weighted by atomic mass is 10.0. The van der Waals surface area contributed by atoms with Crippen molar-refractivity contribution in [1.82, 2.24) is 4.31 Å². The Labute approximate surface area is 183 Å². The molecule has 0 saturated carbocycles. The zero-order chi connectivity index (χ0) is 21.5. The van der Waals surface area contributed by atoms with Gasteiger partial charge in [0.15, 0.2) is 0 Å². The summed E-state index contributed by atoms with van der Waals surface area (Å²) in [4.78, 5) is 24.8. The standard InChI is InChI=1S/C19H17Cl2N3O5S/c20-13-1-4-18-12(9-13)11-29-19(25)24(18)14-5-7-23(8-6-14)30(27,28)15-2-3-16(21)17(10-15)22-26/h1-4,9-10,14H,5-8,11H2. The van der Waals surface area contributed by atoms with Crippen LogP contribution in [0.4, 0.5) is 16.2 Å². The Morgan fingerprint density at radius 3 is 2.50 bits per heavy atom. The van der Waals surface area contributed by atoms with Crippen LogP contribution < -0.4 is 4.90 Å². The number of halogens is 2. The van der Waals surface area contributed by atoms with Crippen LogP contribution in [0.5, 0.6) is 0 Å². The molecule has 1 fully saturated rings. The van der Waals surface area contributed by atoms with Gasteiger partial charge < -0.3 is 4.74 Å². The van der Waals surface area contributed by atoms with Crippen LogP contribution in [0.1, 0.15) is 18.4 Å². The first-order valence-electron chi connectivity index (χ1n) is 9.19. The maximum atomic E-state index is 13.0. The Morgan fingerprint density at radius 2 is 1.80 bits per heavy atom. The van der Waals surface area contributed by atoms with Gasteiger partial charge in [-0.25, -0.2) is 13.2 Å². The van der Waals surface area contributed by atoms with E-state index < -0.39 is 16.1 Å². The number of carbonyl (C=O) groups excluding carboxylic acids is 1. The number of rotatable bonds is 4. The number of benzene rings is 2. The minimum atomic E-state index is -3.82. The Kier molecular flexibility index (Phi) is 5.71. The summed E-state index contributed by atoms with van der Waals surface area (Å²) < 4.78 is 32.5. The molecule has 0 bridgehead atoms. The van der Waals surface area contributed by atoms with Crippen LogP contribution in [0.3, 0.4) is 0 Å². The molecule has 2 aromatic carbocycles. The van der Waals surface area contributed by atoms with Crippen molar-refractivity contribution in [3.8, 4) is 0 Å². The summed E-state index contributed by atoms with van der Waals surface area (Å²) in [5.74, 6) is 0. The van der Waals surface area contributed by atoms with Crippen LogP contribution in [-0.2, 0) is 21.4 Å². The van der Waals surface area contributed by atoms with Gasteiger partial charge in [0.05, 0.1) is 15.6 Å². The number of anilines is 1. The lowest BCUT2D eigenvalue weighted by Gasteiger charge is -2.39. The lowest BCUT2D eigenvalue weighted by molar-refractivity contribution is 0.136. The molecule has 2 aliphatic heterocycles. The van der Waals surface area contributed by atoms with E-state index in [1.807, 2.05) is 0 Å². The van der Waals surface area contributed by atoms with Crippen LogP contribution in [0.25, 0.3) is 0 Å². The molecule has 158 valence electrons. The zero-order valence-electron chi connectivity index (χ0n) is 15.6. The maximum Gasteiger partial charge on any atom is 0.414 e. The second-order valence-electron chi connectivity index (χ2n) is 7.04. The van der Waals surface area contributed by atoms with E-state index in [1.165, 1.54) is 22.5 Å². The number of piperidine rings is 1. The third-order valence-corrected chi connectivity index (χ3v) is 7.74. The number of fused-ring (bicyclic) bond motifs is 1. The fourth-order valence-electron chi connectivity index (χ4n) is 3.77. The quantitative estimate of drug-likeness (QED) is 0.604. The molecule has 0 aliphatic carbocycles. The monoisotopic (exact) mass is 469 g/mol. The second kappa shape index (κ2) is 8.14. The highest BCUT2D eigenvalue weighted by molar-refractivity contribution is 7.89. The molecule has 2 aromatic rings. The lowest BCUT2D eigenvalue weighted by Crippen LogP contribution is -2.50. The number of carbonyl (C=O) groups is 1. The molecule has 1 saturated heterocycles. The van der Waals surface area contributed by atoms with Crippen LogP contribution in [0.2, 0.25) is 10.0 Å². The van der Waals surface area contributed by atoms with E-state index in [-0.39, 0.29) is 41.3 Å². The molecular weight excluding hydrogens is 453 g/mol. The maximum absolute atomic E-state index is 13.0. The molecule has 0 aromatic heterocycles. The van der Waals surface area contributed by atoms with E-state index in [2.05, 4.69) is 5.18 Å². The molecule has 2 heterocycles. The van der Waals surface area contributed by atoms with Crippen molar-refractivity contribution in [2.45, 2.75) is 30.4 Å². The highest BCUT2D eigenvalue weighted by atomic mass is 35.5. The van der Waals surface area contributed by atoms with Crippen molar-refractivity contribution < 1.29 is 17.9 Å². The van der Waals surface area contributed by atoms with Crippen molar-refractivity contribution in [1.29, 1.82) is 0 Å². The molecule has 1 amide bonds. The van der Waals surface area contributed by atoms with Gasteiger partial charge in [-0.1, -0.05) is 23.2 Å². The Balaban J connectivity index is 1.53. The van der Waals surface area contributed by atoms with Gasteiger partial charge in [-0.05, 0) is 54.4 Å². The van der Waals surface area contributed by atoms with Gasteiger partial charge in [0.2, 0.25) is 10.0 Å². The van der Waals surface area contributed by atoms with Crippen molar-refractivity contribution >= 4 is 50.7 Å². The Morgan fingerprint density at radius 1 is 1.07 bits per heavy atom. The molecule has 0 radical (unpaired) electrons. The van der Waals surface area contributed by atoms with Gasteiger partial charge in [0, 0.05) is 29.7 Å². The van der Waals surface area contributed by atoms with Gasteiger partial charge in [-0.15, -0.1) is 4.91 Å². The smallest absolute Gasteiger partial charge is 0.414 e. The summed E-state index contributed by atoms with van der Waals surface area (Å²) >= 11 is 11.9. The molecule has 0 N–H and O–H groups in total. The first-order valence-corrected chi connectivity index (χ1v) is 11.4. The van der Waals surface area contributed by atoms with Crippen LogP contribution in [0, 0.1) is 4.91 Å². The number of amides is 1. The van der Waals surface area contributed by atoms with Crippen molar-refractivity contribution in [2.75, 3.05) is 18.0 Å². The highest BCUT2D eigenvalue weighted by Gasteiger charge is 2.37.